The topological polar surface area (TPSA) is 98.3 Å². The highest BCUT2D eigenvalue weighted by Crippen LogP contribution is 2.32. The number of anilines is 3. The van der Waals surface area contributed by atoms with Crippen molar-refractivity contribution in [1.82, 2.24) is 33.8 Å². The third-order valence-corrected chi connectivity index (χ3v) is 7.69. The molecule has 2 aliphatic heterocycles. The smallest absolute Gasteiger partial charge is 0.278 e. The SMILES string of the molecule is CN(C)CCn1ccc2cc(Nc3ncc4c(=O)n5n(c4n3)-c3ccc4c(n3)N(CCC/C=C\C5)CCO4)ccc21. The van der Waals surface area contributed by atoms with Crippen molar-refractivity contribution in [3.05, 3.63) is 71.3 Å². The molecule has 0 aliphatic carbocycles. The Hall–Kier alpha value is -4.64. The molecule has 2 aliphatic rings. The highest BCUT2D eigenvalue weighted by Gasteiger charge is 2.23. The molecule has 0 saturated heterocycles. The molecular weight excluding hydrogens is 518 g/mol. The monoisotopic (exact) mass is 551 g/mol. The molecule has 2 bridgehead atoms. The van der Waals surface area contributed by atoms with Crippen LogP contribution in [0.1, 0.15) is 12.8 Å². The summed E-state index contributed by atoms with van der Waals surface area (Å²) in [6.45, 7) is 4.63. The Kier molecular flexibility index (Phi) is 6.43. The predicted molar refractivity (Wildman–Crippen MR) is 161 cm³/mol. The number of ether oxygens (including phenoxy) is 1. The molecule has 1 aromatic carbocycles. The van der Waals surface area contributed by atoms with E-state index in [2.05, 4.69) is 69.2 Å². The number of nitrogens with one attached hydrogen (secondary N) is 1. The van der Waals surface area contributed by atoms with Crippen LogP contribution in [-0.2, 0) is 13.1 Å². The number of likely N-dealkylation sites (N-methyl/N-ethyl adjacent to an activating group) is 1. The Morgan fingerprint density at radius 1 is 1.07 bits per heavy atom. The molecule has 0 fully saturated rings. The zero-order chi connectivity index (χ0) is 27.9. The van der Waals surface area contributed by atoms with Gasteiger partial charge in [0, 0.05) is 48.6 Å². The van der Waals surface area contributed by atoms with Gasteiger partial charge < -0.3 is 24.4 Å². The van der Waals surface area contributed by atoms with E-state index in [1.165, 1.54) is 5.52 Å². The fraction of sp³-hybridized carbons (Fsp3) is 0.333. The van der Waals surface area contributed by atoms with Gasteiger partial charge >= 0.3 is 0 Å². The first-order chi connectivity index (χ1) is 20.0. The molecule has 210 valence electrons. The number of aromatic nitrogens is 6. The van der Waals surface area contributed by atoms with E-state index in [1.807, 2.05) is 24.3 Å². The molecule has 7 rings (SSSR count). The molecular formula is C30H33N9O2. The molecule has 6 heterocycles. The molecule has 4 aromatic heterocycles. The summed E-state index contributed by atoms with van der Waals surface area (Å²) >= 11 is 0. The molecule has 0 atom stereocenters. The third-order valence-electron chi connectivity index (χ3n) is 7.69. The van der Waals surface area contributed by atoms with Crippen molar-refractivity contribution in [2.45, 2.75) is 25.9 Å². The Morgan fingerprint density at radius 3 is 2.90 bits per heavy atom. The van der Waals surface area contributed by atoms with Crippen molar-refractivity contribution in [2.24, 2.45) is 0 Å². The standard InChI is InChI=1S/C30H33N9O2/c1-35(2)15-16-36-14-11-21-19-22(7-8-24(21)36)32-30-31-20-23-27(34-30)39-26-10-9-25-28(33-26)37(17-18-41-25)12-5-3-4-6-13-38(39)29(23)40/h4,6-11,14,19-20H,3,5,12-13,15-18H2,1-2H3,(H,31,32,34)/b6-4-. The average molecular weight is 552 g/mol. The molecule has 0 amide bonds. The van der Waals surface area contributed by atoms with Crippen molar-refractivity contribution in [2.75, 3.05) is 50.6 Å². The summed E-state index contributed by atoms with van der Waals surface area (Å²) in [4.78, 5) is 32.3. The van der Waals surface area contributed by atoms with Crippen LogP contribution in [0.3, 0.4) is 0 Å². The van der Waals surface area contributed by atoms with Crippen LogP contribution in [0.2, 0.25) is 0 Å². The van der Waals surface area contributed by atoms with Gasteiger partial charge in [-0.2, -0.15) is 4.98 Å². The minimum atomic E-state index is -0.152. The van der Waals surface area contributed by atoms with Crippen LogP contribution in [0.5, 0.6) is 5.75 Å². The van der Waals surface area contributed by atoms with Crippen LogP contribution in [0.15, 0.2) is 65.7 Å². The van der Waals surface area contributed by atoms with Gasteiger partial charge in [0.15, 0.2) is 23.0 Å². The zero-order valence-corrected chi connectivity index (χ0v) is 23.3. The first kappa shape index (κ1) is 25.3. The normalized spacial score (nSPS) is 15.8. The highest BCUT2D eigenvalue weighted by atomic mass is 16.5. The summed E-state index contributed by atoms with van der Waals surface area (Å²) in [5.74, 6) is 2.60. The Labute approximate surface area is 237 Å². The summed E-state index contributed by atoms with van der Waals surface area (Å²) in [6.07, 6.45) is 9.84. The largest absolute Gasteiger partial charge is 0.488 e. The zero-order valence-electron chi connectivity index (χ0n) is 23.3. The minimum absolute atomic E-state index is 0.152. The Morgan fingerprint density at radius 2 is 2.00 bits per heavy atom. The van der Waals surface area contributed by atoms with Crippen molar-refractivity contribution in [3.63, 3.8) is 0 Å². The average Bonchev–Trinajstić information content (AvgIpc) is 3.50. The fourth-order valence-corrected chi connectivity index (χ4v) is 5.56. The lowest BCUT2D eigenvalue weighted by molar-refractivity contribution is 0.304. The van der Waals surface area contributed by atoms with E-state index in [9.17, 15) is 4.79 Å². The molecule has 0 spiro atoms. The maximum absolute atomic E-state index is 13.5. The molecule has 0 saturated carbocycles. The van der Waals surface area contributed by atoms with Gasteiger partial charge in [-0.15, -0.1) is 0 Å². The minimum Gasteiger partial charge on any atom is -0.488 e. The van der Waals surface area contributed by atoms with Crippen LogP contribution in [0.25, 0.3) is 27.8 Å². The molecule has 41 heavy (non-hydrogen) atoms. The second kappa shape index (κ2) is 10.4. The van der Waals surface area contributed by atoms with Gasteiger partial charge in [-0.1, -0.05) is 12.2 Å². The van der Waals surface area contributed by atoms with Gasteiger partial charge in [0.25, 0.3) is 5.56 Å². The van der Waals surface area contributed by atoms with Gasteiger partial charge in [0.05, 0.1) is 13.1 Å². The summed E-state index contributed by atoms with van der Waals surface area (Å²) in [7, 11) is 4.16. The third kappa shape index (κ3) is 4.71. The summed E-state index contributed by atoms with van der Waals surface area (Å²) in [5.41, 5.74) is 2.41. The van der Waals surface area contributed by atoms with Gasteiger partial charge in [0.1, 0.15) is 12.0 Å². The lowest BCUT2D eigenvalue weighted by atomic mass is 10.2. The van der Waals surface area contributed by atoms with E-state index in [-0.39, 0.29) is 5.56 Å². The number of hydrogen-bond acceptors (Lipinski definition) is 8. The van der Waals surface area contributed by atoms with Gasteiger partial charge in [-0.25, -0.2) is 19.3 Å². The van der Waals surface area contributed by atoms with E-state index < -0.39 is 0 Å². The van der Waals surface area contributed by atoms with Crippen LogP contribution in [0, 0.1) is 0 Å². The first-order valence-corrected chi connectivity index (χ1v) is 14.1. The van der Waals surface area contributed by atoms with E-state index in [0.717, 1.165) is 61.7 Å². The van der Waals surface area contributed by atoms with E-state index >= 15 is 0 Å². The first-order valence-electron chi connectivity index (χ1n) is 14.1. The van der Waals surface area contributed by atoms with Crippen molar-refractivity contribution < 1.29 is 4.74 Å². The predicted octanol–water partition coefficient (Wildman–Crippen LogP) is 3.79. The van der Waals surface area contributed by atoms with E-state index in [1.54, 1.807) is 15.6 Å². The van der Waals surface area contributed by atoms with Crippen LogP contribution >= 0.6 is 0 Å². The molecule has 0 unspecified atom stereocenters. The number of pyridine rings is 1. The van der Waals surface area contributed by atoms with Gasteiger partial charge in [0.2, 0.25) is 5.95 Å². The Bertz CT molecular complexity index is 1830. The maximum Gasteiger partial charge on any atom is 0.278 e. The number of nitrogens with zero attached hydrogens (tertiary/aromatic N) is 8. The van der Waals surface area contributed by atoms with Crippen LogP contribution in [-0.4, -0.2) is 74.1 Å². The summed E-state index contributed by atoms with van der Waals surface area (Å²) < 4.78 is 11.6. The van der Waals surface area contributed by atoms with Crippen LogP contribution in [0.4, 0.5) is 17.5 Å². The molecule has 5 aromatic rings. The number of fused-ring (bicyclic) bond motifs is 6. The van der Waals surface area contributed by atoms with Gasteiger partial charge in [-0.3, -0.25) is 4.79 Å². The molecule has 11 heteroatoms. The Balaban J connectivity index is 1.29. The number of benzene rings is 1. The van der Waals surface area contributed by atoms with E-state index in [0.29, 0.717) is 36.0 Å². The lowest BCUT2D eigenvalue weighted by Crippen LogP contribution is -2.34. The van der Waals surface area contributed by atoms with Crippen LogP contribution < -0.4 is 20.5 Å². The second-order valence-corrected chi connectivity index (χ2v) is 10.8. The van der Waals surface area contributed by atoms with E-state index in [4.69, 9.17) is 14.7 Å². The van der Waals surface area contributed by atoms with Crippen molar-refractivity contribution in [1.29, 1.82) is 0 Å². The van der Waals surface area contributed by atoms with Crippen molar-refractivity contribution >= 4 is 39.4 Å². The maximum atomic E-state index is 13.5. The summed E-state index contributed by atoms with van der Waals surface area (Å²) in [5, 5.41) is 4.93. The highest BCUT2D eigenvalue weighted by molar-refractivity contribution is 5.85. The quantitative estimate of drug-likeness (QED) is 0.330. The van der Waals surface area contributed by atoms with Crippen molar-refractivity contribution in [3.8, 4) is 11.6 Å². The lowest BCUT2D eigenvalue weighted by Gasteiger charge is -2.30. The molecule has 11 nitrogen and oxygen atoms in total. The van der Waals surface area contributed by atoms with Gasteiger partial charge in [-0.05, 0) is 63.3 Å². The molecule has 0 radical (unpaired) electrons. The number of rotatable bonds is 5. The molecule has 1 N–H and O–H groups in total. The second-order valence-electron chi connectivity index (χ2n) is 10.8. The number of hydrogen-bond donors (Lipinski definition) is 1. The summed E-state index contributed by atoms with van der Waals surface area (Å²) in [6, 6.07) is 12.2. The number of allylic oxidation sites excluding steroid dienone is 2. The fourth-order valence-electron chi connectivity index (χ4n) is 5.56.